The number of amides is 1. The van der Waals surface area contributed by atoms with E-state index in [-0.39, 0.29) is 29.9 Å². The Hall–Kier alpha value is -3.91. The van der Waals surface area contributed by atoms with Gasteiger partial charge in [-0.1, -0.05) is 36.4 Å². The molecule has 1 atom stereocenters. The summed E-state index contributed by atoms with van der Waals surface area (Å²) in [5.41, 5.74) is 3.57. The van der Waals surface area contributed by atoms with Gasteiger partial charge < -0.3 is 20.5 Å². The van der Waals surface area contributed by atoms with Gasteiger partial charge in [0.05, 0.1) is 0 Å². The lowest BCUT2D eigenvalue weighted by Crippen LogP contribution is -2.39. The summed E-state index contributed by atoms with van der Waals surface area (Å²) in [4.78, 5) is 35.5. The molecule has 2 aromatic heterocycles. The molecule has 4 aromatic rings. The molecule has 0 aliphatic heterocycles. The molecule has 0 aliphatic carbocycles. The van der Waals surface area contributed by atoms with Gasteiger partial charge in [0.15, 0.2) is 5.82 Å². The topological polar surface area (TPSA) is 95.1 Å². The molecule has 0 spiro atoms. The number of hydrogen-bond donors (Lipinski definition) is 3. The molecule has 1 amide bonds. The number of carbonyl (C=O) groups is 1. The molecule has 182 valence electrons. The summed E-state index contributed by atoms with van der Waals surface area (Å²) in [6.07, 6.45) is 4.27. The van der Waals surface area contributed by atoms with Crippen LogP contribution < -0.4 is 16.2 Å². The fourth-order valence-electron chi connectivity index (χ4n) is 4.17. The number of nitrogens with zero attached hydrogens (tertiary/aromatic N) is 3. The fourth-order valence-corrected chi connectivity index (χ4v) is 4.17. The molecule has 0 fully saturated rings. The number of nitrogens with one attached hydrogen (secondary N) is 3. The number of hydrogen-bond acceptors (Lipinski definition) is 5. The van der Waals surface area contributed by atoms with Gasteiger partial charge in [-0.3, -0.25) is 14.2 Å². The summed E-state index contributed by atoms with van der Waals surface area (Å²) in [7, 11) is 4.00. The maximum Gasteiger partial charge on any atom is 0.293 e. The number of likely N-dealkylation sites (N-methyl/N-ethyl adjacent to an activating group) is 1. The molecular formula is C27H32N6O2. The summed E-state index contributed by atoms with van der Waals surface area (Å²) in [5.74, 6) is 0.0275. The second kappa shape index (κ2) is 11.0. The first-order chi connectivity index (χ1) is 16.9. The first-order valence-corrected chi connectivity index (χ1v) is 11.7. The van der Waals surface area contributed by atoms with E-state index in [0.717, 1.165) is 29.4 Å². The second-order valence-electron chi connectivity index (χ2n) is 9.11. The number of aromatic amines is 1. The van der Waals surface area contributed by atoms with E-state index in [1.165, 1.54) is 10.1 Å². The smallest absolute Gasteiger partial charge is 0.293 e. The minimum absolute atomic E-state index is 0.0130. The molecule has 35 heavy (non-hydrogen) atoms. The summed E-state index contributed by atoms with van der Waals surface area (Å²) in [5, 5.41) is 7.33. The van der Waals surface area contributed by atoms with Gasteiger partial charge in [-0.25, -0.2) is 4.98 Å². The third-order valence-electron chi connectivity index (χ3n) is 5.91. The third-order valence-corrected chi connectivity index (χ3v) is 5.91. The van der Waals surface area contributed by atoms with Crippen LogP contribution in [0.25, 0.3) is 10.9 Å². The SMILES string of the molecule is Cc1cnc(NC(Cc2ccccc2)CN(C)C)c(=O)n1CC(=O)NCc1ccc2[nH]ccc2c1. The molecule has 0 bridgehead atoms. The number of carbonyl (C=O) groups excluding carboxylic acids is 1. The molecule has 0 radical (unpaired) electrons. The van der Waals surface area contributed by atoms with E-state index in [9.17, 15) is 9.59 Å². The average molecular weight is 473 g/mol. The number of aryl methyl sites for hydroxylation is 1. The minimum atomic E-state index is -0.300. The Morgan fingerprint density at radius 3 is 2.69 bits per heavy atom. The molecule has 8 heteroatoms. The van der Waals surface area contributed by atoms with E-state index in [0.29, 0.717) is 12.2 Å². The molecule has 1 unspecified atom stereocenters. The maximum atomic E-state index is 13.2. The van der Waals surface area contributed by atoms with Crippen molar-refractivity contribution in [3.8, 4) is 0 Å². The standard InChI is InChI=1S/C27H32N6O2/c1-19-15-30-26(31-23(17-32(2)3)14-20-7-5-4-6-8-20)27(35)33(19)18-25(34)29-16-21-9-10-24-22(13-21)11-12-28-24/h4-13,15,23,28H,14,16-18H2,1-3H3,(H,29,34)(H,30,31). The van der Waals surface area contributed by atoms with Crippen molar-refractivity contribution in [2.45, 2.75) is 32.5 Å². The van der Waals surface area contributed by atoms with Crippen LogP contribution in [0.15, 0.2) is 71.8 Å². The van der Waals surface area contributed by atoms with E-state index in [1.807, 2.05) is 62.8 Å². The highest BCUT2D eigenvalue weighted by atomic mass is 16.2. The van der Waals surface area contributed by atoms with Gasteiger partial charge in [0.2, 0.25) is 5.91 Å². The monoisotopic (exact) mass is 472 g/mol. The highest BCUT2D eigenvalue weighted by molar-refractivity contribution is 5.80. The largest absolute Gasteiger partial charge is 0.361 e. The van der Waals surface area contributed by atoms with Crippen molar-refractivity contribution in [2.24, 2.45) is 0 Å². The molecule has 8 nitrogen and oxygen atoms in total. The zero-order chi connectivity index (χ0) is 24.8. The third kappa shape index (κ3) is 6.36. The van der Waals surface area contributed by atoms with E-state index in [1.54, 1.807) is 13.1 Å². The van der Waals surface area contributed by atoms with Crippen LogP contribution >= 0.6 is 0 Å². The van der Waals surface area contributed by atoms with Gasteiger partial charge >= 0.3 is 0 Å². The lowest BCUT2D eigenvalue weighted by atomic mass is 10.1. The zero-order valence-electron chi connectivity index (χ0n) is 20.4. The van der Waals surface area contributed by atoms with Crippen molar-refractivity contribution >= 4 is 22.6 Å². The van der Waals surface area contributed by atoms with Gasteiger partial charge in [0.1, 0.15) is 6.54 Å². The van der Waals surface area contributed by atoms with Crippen LogP contribution in [-0.2, 0) is 24.3 Å². The number of anilines is 1. The second-order valence-corrected chi connectivity index (χ2v) is 9.11. The Kier molecular flexibility index (Phi) is 7.62. The van der Waals surface area contributed by atoms with Crippen molar-refractivity contribution in [2.75, 3.05) is 26.0 Å². The average Bonchev–Trinajstić information content (AvgIpc) is 3.30. The van der Waals surface area contributed by atoms with Gasteiger partial charge in [0, 0.05) is 42.7 Å². The Morgan fingerprint density at radius 1 is 1.11 bits per heavy atom. The molecule has 2 aromatic carbocycles. The fraction of sp³-hybridized carbons (Fsp3) is 0.296. The Balaban J connectivity index is 1.44. The highest BCUT2D eigenvalue weighted by Gasteiger charge is 2.17. The zero-order valence-corrected chi connectivity index (χ0v) is 20.4. The maximum absolute atomic E-state index is 13.2. The van der Waals surface area contributed by atoms with Crippen LogP contribution in [0, 0.1) is 6.92 Å². The lowest BCUT2D eigenvalue weighted by Gasteiger charge is -2.23. The quantitative estimate of drug-likeness (QED) is 0.330. The van der Waals surface area contributed by atoms with Crippen LogP contribution in [0.4, 0.5) is 5.82 Å². The molecule has 3 N–H and O–H groups in total. The van der Waals surface area contributed by atoms with E-state index in [2.05, 4.69) is 37.6 Å². The van der Waals surface area contributed by atoms with Gasteiger partial charge in [0.25, 0.3) is 5.56 Å². The molecule has 4 rings (SSSR count). The Morgan fingerprint density at radius 2 is 1.91 bits per heavy atom. The summed E-state index contributed by atoms with van der Waals surface area (Å²) in [6, 6.07) is 18.1. The van der Waals surface area contributed by atoms with Crippen LogP contribution in [0.2, 0.25) is 0 Å². The number of aromatic nitrogens is 3. The molecule has 0 aliphatic rings. The van der Waals surface area contributed by atoms with Crippen LogP contribution in [-0.4, -0.2) is 52.0 Å². The summed E-state index contributed by atoms with van der Waals surface area (Å²) >= 11 is 0. The van der Waals surface area contributed by atoms with Gasteiger partial charge in [-0.15, -0.1) is 0 Å². The molecule has 0 saturated heterocycles. The summed E-state index contributed by atoms with van der Waals surface area (Å²) < 4.78 is 1.47. The van der Waals surface area contributed by atoms with Crippen LogP contribution in [0.1, 0.15) is 16.8 Å². The Bertz CT molecular complexity index is 1340. The van der Waals surface area contributed by atoms with Crippen molar-refractivity contribution in [1.29, 1.82) is 0 Å². The molecule has 0 saturated carbocycles. The van der Waals surface area contributed by atoms with Crippen LogP contribution in [0.5, 0.6) is 0 Å². The minimum Gasteiger partial charge on any atom is -0.361 e. The van der Waals surface area contributed by atoms with E-state index >= 15 is 0 Å². The van der Waals surface area contributed by atoms with E-state index in [4.69, 9.17) is 0 Å². The van der Waals surface area contributed by atoms with E-state index < -0.39 is 0 Å². The lowest BCUT2D eigenvalue weighted by molar-refractivity contribution is -0.121. The normalized spacial score (nSPS) is 12.1. The van der Waals surface area contributed by atoms with Crippen molar-refractivity contribution in [3.05, 3.63) is 94.2 Å². The first kappa shape index (κ1) is 24.2. The number of fused-ring (bicyclic) bond motifs is 1. The van der Waals surface area contributed by atoms with Crippen molar-refractivity contribution < 1.29 is 4.79 Å². The molecular weight excluding hydrogens is 440 g/mol. The van der Waals surface area contributed by atoms with Gasteiger partial charge in [-0.2, -0.15) is 0 Å². The highest BCUT2D eigenvalue weighted by Crippen LogP contribution is 2.14. The van der Waals surface area contributed by atoms with Crippen molar-refractivity contribution in [1.82, 2.24) is 24.8 Å². The van der Waals surface area contributed by atoms with Crippen LogP contribution in [0.3, 0.4) is 0 Å². The predicted molar refractivity (Wildman–Crippen MR) is 139 cm³/mol. The summed E-state index contributed by atoms with van der Waals surface area (Å²) in [6.45, 7) is 2.85. The van der Waals surface area contributed by atoms with Gasteiger partial charge in [-0.05, 0) is 62.2 Å². The number of benzene rings is 2. The molecule has 2 heterocycles. The first-order valence-electron chi connectivity index (χ1n) is 11.7. The van der Waals surface area contributed by atoms with Crippen molar-refractivity contribution in [3.63, 3.8) is 0 Å². The number of H-pyrrole nitrogens is 1. The number of rotatable bonds is 10. The predicted octanol–water partition coefficient (Wildman–Crippen LogP) is 2.93. The Labute approximate surface area is 205 Å².